The molecule has 7 heteroatoms. The summed E-state index contributed by atoms with van der Waals surface area (Å²) >= 11 is 0. The van der Waals surface area contributed by atoms with Crippen LogP contribution >= 0.6 is 0 Å². The molecule has 0 aromatic carbocycles. The fourth-order valence-corrected chi connectivity index (χ4v) is 4.79. The van der Waals surface area contributed by atoms with Crippen molar-refractivity contribution in [2.75, 3.05) is 13.3 Å². The molecule has 0 spiro atoms. The maximum atomic E-state index is 12.8. The lowest BCUT2D eigenvalue weighted by Crippen LogP contribution is -2.49. The van der Waals surface area contributed by atoms with E-state index < -0.39 is 15.1 Å². The van der Waals surface area contributed by atoms with Gasteiger partial charge in [-0.25, -0.2) is 8.42 Å². The quantitative estimate of drug-likeness (QED) is 0.843. The highest BCUT2D eigenvalue weighted by Crippen LogP contribution is 2.28. The topological polar surface area (TPSA) is 72.3 Å². The monoisotopic (exact) mass is 327 g/mol. The Balaban J connectivity index is 2.28. The Hall–Kier alpha value is -1.37. The first-order valence-corrected chi connectivity index (χ1v) is 9.71. The Labute approximate surface area is 132 Å². The van der Waals surface area contributed by atoms with Crippen molar-refractivity contribution in [2.24, 2.45) is 0 Å². The number of hydrogen-bond acceptors (Lipinski definition) is 4. The lowest BCUT2D eigenvalue weighted by atomic mass is 9.93. The van der Waals surface area contributed by atoms with Gasteiger partial charge in [-0.15, -0.1) is 0 Å². The third-order valence-electron chi connectivity index (χ3n) is 4.46. The summed E-state index contributed by atoms with van der Waals surface area (Å²) in [4.78, 5) is 14.4. The Morgan fingerprint density at radius 2 is 2.05 bits per heavy atom. The zero-order valence-corrected chi connectivity index (χ0v) is 14.6. The smallest absolute Gasteiger partial charge is 0.272 e. The molecule has 1 aromatic heterocycles. The summed E-state index contributed by atoms with van der Waals surface area (Å²) in [5, 5.41) is 3.83. The molecule has 1 amide bonds. The molecular weight excluding hydrogens is 302 g/mol. The molecule has 1 saturated carbocycles. The molecule has 0 saturated heterocycles. The summed E-state index contributed by atoms with van der Waals surface area (Å²) in [6.07, 6.45) is 4.50. The van der Waals surface area contributed by atoms with Gasteiger partial charge in [-0.3, -0.25) is 9.48 Å². The highest BCUT2D eigenvalue weighted by Gasteiger charge is 2.37. The molecule has 22 heavy (non-hydrogen) atoms. The van der Waals surface area contributed by atoms with Crippen molar-refractivity contribution < 1.29 is 13.2 Å². The molecular formula is C15H25N3O3S. The van der Waals surface area contributed by atoms with E-state index in [9.17, 15) is 13.2 Å². The van der Waals surface area contributed by atoms with Crippen LogP contribution in [0.5, 0.6) is 0 Å². The molecule has 1 aliphatic carbocycles. The van der Waals surface area contributed by atoms with Gasteiger partial charge in [0.1, 0.15) is 5.69 Å². The second-order valence-corrected chi connectivity index (χ2v) is 8.39. The van der Waals surface area contributed by atoms with Crippen molar-refractivity contribution in [3.63, 3.8) is 0 Å². The van der Waals surface area contributed by atoms with E-state index >= 15 is 0 Å². The van der Waals surface area contributed by atoms with Gasteiger partial charge in [0, 0.05) is 25.9 Å². The first kappa shape index (κ1) is 17.0. The molecule has 0 bridgehead atoms. The molecule has 2 rings (SSSR count). The lowest BCUT2D eigenvalue weighted by Gasteiger charge is -2.36. The van der Waals surface area contributed by atoms with Gasteiger partial charge in [0.05, 0.1) is 10.9 Å². The van der Waals surface area contributed by atoms with Crippen LogP contribution in [0.1, 0.15) is 48.8 Å². The molecule has 124 valence electrons. The number of amides is 1. The van der Waals surface area contributed by atoms with Gasteiger partial charge in [-0.1, -0.05) is 12.8 Å². The van der Waals surface area contributed by atoms with E-state index in [-0.39, 0.29) is 11.9 Å². The van der Waals surface area contributed by atoms with Gasteiger partial charge in [0.2, 0.25) is 0 Å². The average Bonchev–Trinajstić information content (AvgIpc) is 2.86. The third-order valence-corrected chi connectivity index (χ3v) is 6.11. The molecule has 2 atom stereocenters. The van der Waals surface area contributed by atoms with Crippen molar-refractivity contribution in [3.05, 3.63) is 17.5 Å². The van der Waals surface area contributed by atoms with Crippen LogP contribution in [0.2, 0.25) is 0 Å². The molecule has 1 aliphatic rings. The van der Waals surface area contributed by atoms with Crippen LogP contribution in [0.3, 0.4) is 0 Å². The van der Waals surface area contributed by atoms with Gasteiger partial charge < -0.3 is 4.90 Å². The summed E-state index contributed by atoms with van der Waals surface area (Å²) in [6, 6.07) is 1.51. The number of carbonyl (C=O) groups excluding carboxylic acids is 1. The highest BCUT2D eigenvalue weighted by molar-refractivity contribution is 7.91. The number of hydrogen-bond donors (Lipinski definition) is 0. The van der Waals surface area contributed by atoms with Crippen LogP contribution in [-0.2, 0) is 16.4 Å². The van der Waals surface area contributed by atoms with Crippen molar-refractivity contribution in [1.82, 2.24) is 14.7 Å². The van der Waals surface area contributed by atoms with Crippen LogP contribution in [0, 0.1) is 6.92 Å². The number of nitrogens with zero attached hydrogens (tertiary/aromatic N) is 3. The maximum Gasteiger partial charge on any atom is 0.272 e. The minimum absolute atomic E-state index is 0.150. The normalized spacial score (nSPS) is 22.5. The van der Waals surface area contributed by atoms with E-state index in [0.717, 1.165) is 25.0 Å². The zero-order chi connectivity index (χ0) is 16.5. The molecule has 0 unspecified atom stereocenters. The largest absolute Gasteiger partial charge is 0.336 e. The molecule has 6 nitrogen and oxygen atoms in total. The van der Waals surface area contributed by atoms with E-state index in [1.54, 1.807) is 22.7 Å². The van der Waals surface area contributed by atoms with Crippen molar-refractivity contribution >= 4 is 15.7 Å². The summed E-state index contributed by atoms with van der Waals surface area (Å²) in [5.74, 6) is -0.150. The number of carbonyl (C=O) groups is 1. The van der Waals surface area contributed by atoms with E-state index in [2.05, 4.69) is 5.10 Å². The van der Waals surface area contributed by atoms with E-state index in [1.165, 1.54) is 6.26 Å². The maximum absolute atomic E-state index is 12.8. The first-order valence-electron chi connectivity index (χ1n) is 7.76. The van der Waals surface area contributed by atoms with Crippen molar-refractivity contribution in [3.8, 4) is 0 Å². The molecule has 0 aliphatic heterocycles. The number of aryl methyl sites for hydroxylation is 2. The molecule has 1 aromatic rings. The zero-order valence-electron chi connectivity index (χ0n) is 13.7. The van der Waals surface area contributed by atoms with Crippen LogP contribution < -0.4 is 0 Å². The Kier molecular flexibility index (Phi) is 4.94. The van der Waals surface area contributed by atoms with Crippen molar-refractivity contribution in [1.29, 1.82) is 0 Å². The van der Waals surface area contributed by atoms with Crippen molar-refractivity contribution in [2.45, 2.75) is 57.4 Å². The van der Waals surface area contributed by atoms with Crippen LogP contribution in [0.15, 0.2) is 6.07 Å². The van der Waals surface area contributed by atoms with Gasteiger partial charge in [-0.2, -0.15) is 5.10 Å². The summed E-state index contributed by atoms with van der Waals surface area (Å²) in [6.45, 7) is 4.40. The van der Waals surface area contributed by atoms with Gasteiger partial charge >= 0.3 is 0 Å². The second-order valence-electron chi connectivity index (χ2n) is 6.12. The predicted molar refractivity (Wildman–Crippen MR) is 85.6 cm³/mol. The molecule has 1 fully saturated rings. The minimum Gasteiger partial charge on any atom is -0.336 e. The first-order chi connectivity index (χ1) is 10.3. The third kappa shape index (κ3) is 3.34. The SMILES string of the molecule is CCn1nc(C)cc1C(=O)N(C)[C@@H]1CCCC[C@@H]1S(C)(=O)=O. The number of aromatic nitrogens is 2. The minimum atomic E-state index is -3.16. The fourth-order valence-electron chi connectivity index (χ4n) is 3.31. The number of sulfone groups is 1. The number of rotatable bonds is 4. The molecule has 0 N–H and O–H groups in total. The Bertz CT molecular complexity index is 651. The van der Waals surface area contributed by atoms with E-state index in [4.69, 9.17) is 0 Å². The van der Waals surface area contributed by atoms with E-state index in [0.29, 0.717) is 18.7 Å². The summed E-state index contributed by atoms with van der Waals surface area (Å²) in [7, 11) is -1.46. The summed E-state index contributed by atoms with van der Waals surface area (Å²) < 4.78 is 25.7. The van der Waals surface area contributed by atoms with E-state index in [1.807, 2.05) is 13.8 Å². The average molecular weight is 327 g/mol. The Morgan fingerprint density at radius 1 is 1.41 bits per heavy atom. The summed E-state index contributed by atoms with van der Waals surface area (Å²) in [5.41, 5.74) is 1.32. The van der Waals surface area contributed by atoms with Gasteiger partial charge in [-0.05, 0) is 32.8 Å². The second kappa shape index (κ2) is 6.40. The standard InChI is InChI=1S/C15H25N3O3S/c1-5-18-13(10-11(2)16-18)15(19)17(3)12-8-6-7-9-14(12)22(4,20)21/h10,12,14H,5-9H2,1-4H3/t12-,14+/m1/s1. The highest BCUT2D eigenvalue weighted by atomic mass is 32.2. The van der Waals surface area contributed by atoms with Gasteiger partial charge in [0.25, 0.3) is 5.91 Å². The fraction of sp³-hybridized carbons (Fsp3) is 0.733. The Morgan fingerprint density at radius 3 is 2.64 bits per heavy atom. The van der Waals surface area contributed by atoms with Crippen LogP contribution in [0.25, 0.3) is 0 Å². The molecule has 0 radical (unpaired) electrons. The van der Waals surface area contributed by atoms with Crippen LogP contribution in [0.4, 0.5) is 0 Å². The van der Waals surface area contributed by atoms with Gasteiger partial charge in [0.15, 0.2) is 9.84 Å². The van der Waals surface area contributed by atoms with Crippen LogP contribution in [-0.4, -0.2) is 53.6 Å². The molecule has 1 heterocycles. The predicted octanol–water partition coefficient (Wildman–Crippen LogP) is 1.64. The lowest BCUT2D eigenvalue weighted by molar-refractivity contribution is 0.0688.